The fourth-order valence-corrected chi connectivity index (χ4v) is 4.87. The average molecular weight is 449 g/mol. The highest BCUT2D eigenvalue weighted by molar-refractivity contribution is 7.89. The molecule has 2 aromatic carbocycles. The molecule has 0 aliphatic carbocycles. The Kier molecular flexibility index (Phi) is 5.90. The van der Waals surface area contributed by atoms with E-state index in [-0.39, 0.29) is 45.0 Å². The van der Waals surface area contributed by atoms with Gasteiger partial charge in [0, 0.05) is 31.7 Å². The third-order valence-corrected chi connectivity index (χ3v) is 6.85. The zero-order valence-corrected chi connectivity index (χ0v) is 17.2. The summed E-state index contributed by atoms with van der Waals surface area (Å²) >= 11 is 0. The quantitative estimate of drug-likeness (QED) is 0.614. The number of rotatable bonds is 6. The summed E-state index contributed by atoms with van der Waals surface area (Å²) < 4.78 is 52.6. The minimum Gasteiger partial charge on any atom is -0.408 e. The minimum absolute atomic E-state index is 0.0631. The number of halogens is 1. The van der Waals surface area contributed by atoms with Gasteiger partial charge in [0.1, 0.15) is 10.7 Å². The number of nitrogens with one attached hydrogen (secondary N) is 1. The molecule has 4 rings (SSSR count). The summed E-state index contributed by atoms with van der Waals surface area (Å²) in [5, 5.41) is 2.56. The highest BCUT2D eigenvalue weighted by atomic mass is 32.2. The lowest BCUT2D eigenvalue weighted by atomic mass is 10.3. The van der Waals surface area contributed by atoms with Gasteiger partial charge in [-0.2, -0.15) is 4.31 Å². The Morgan fingerprint density at radius 1 is 1.13 bits per heavy atom. The van der Waals surface area contributed by atoms with Crippen LogP contribution in [0.5, 0.6) is 0 Å². The topological polar surface area (TPSA) is 111 Å². The van der Waals surface area contributed by atoms with Crippen molar-refractivity contribution in [3.63, 3.8) is 0 Å². The van der Waals surface area contributed by atoms with Gasteiger partial charge in [0.25, 0.3) is 0 Å². The van der Waals surface area contributed by atoms with E-state index in [1.807, 2.05) is 0 Å². The van der Waals surface area contributed by atoms with Crippen molar-refractivity contribution in [3.05, 3.63) is 58.8 Å². The number of anilines is 1. The molecule has 0 bridgehead atoms. The fourth-order valence-electron chi connectivity index (χ4n) is 3.37. The summed E-state index contributed by atoms with van der Waals surface area (Å²) in [6.07, 6.45) is -0.0631. The number of hydrogen-bond acceptors (Lipinski definition) is 6. The molecule has 31 heavy (non-hydrogen) atoms. The molecule has 1 aliphatic rings. The van der Waals surface area contributed by atoms with Crippen molar-refractivity contribution in [1.82, 2.24) is 8.87 Å². The van der Waals surface area contributed by atoms with Gasteiger partial charge in [0.2, 0.25) is 15.9 Å². The second-order valence-corrected chi connectivity index (χ2v) is 8.85. The van der Waals surface area contributed by atoms with E-state index in [9.17, 15) is 22.4 Å². The molecule has 0 unspecified atom stereocenters. The van der Waals surface area contributed by atoms with Crippen LogP contribution in [0.1, 0.15) is 6.42 Å². The molecule has 0 spiro atoms. The Morgan fingerprint density at radius 3 is 2.65 bits per heavy atom. The summed E-state index contributed by atoms with van der Waals surface area (Å²) in [7, 11) is -4.06. The molecular formula is C20H20FN3O6S. The van der Waals surface area contributed by atoms with Crippen molar-refractivity contribution in [1.29, 1.82) is 0 Å². The molecule has 0 atom stereocenters. The van der Waals surface area contributed by atoms with E-state index in [0.717, 1.165) is 16.4 Å². The molecule has 11 heteroatoms. The van der Waals surface area contributed by atoms with Crippen molar-refractivity contribution < 1.29 is 26.8 Å². The predicted octanol–water partition coefficient (Wildman–Crippen LogP) is 1.78. The van der Waals surface area contributed by atoms with Crippen LogP contribution in [0, 0.1) is 5.82 Å². The van der Waals surface area contributed by atoms with Gasteiger partial charge >= 0.3 is 5.76 Å². The number of aryl methyl sites for hydroxylation is 1. The Hall–Kier alpha value is -3.02. The first-order valence-corrected chi connectivity index (χ1v) is 11.1. The largest absolute Gasteiger partial charge is 0.419 e. The van der Waals surface area contributed by atoms with Gasteiger partial charge in [-0.1, -0.05) is 12.1 Å². The fraction of sp³-hybridized carbons (Fsp3) is 0.300. The van der Waals surface area contributed by atoms with E-state index in [1.165, 1.54) is 10.6 Å². The van der Waals surface area contributed by atoms with Crippen molar-refractivity contribution in [2.24, 2.45) is 0 Å². The maximum atomic E-state index is 14.3. The first-order chi connectivity index (χ1) is 14.9. The molecule has 0 radical (unpaired) electrons. The predicted molar refractivity (Wildman–Crippen MR) is 110 cm³/mol. The summed E-state index contributed by atoms with van der Waals surface area (Å²) in [6, 6.07) is 10.2. The van der Waals surface area contributed by atoms with Crippen LogP contribution in [0.2, 0.25) is 0 Å². The summed E-state index contributed by atoms with van der Waals surface area (Å²) in [5.74, 6) is -1.94. The van der Waals surface area contributed by atoms with Crippen LogP contribution >= 0.6 is 0 Å². The zero-order chi connectivity index (χ0) is 22.0. The molecule has 2 heterocycles. The second kappa shape index (κ2) is 8.61. The number of sulfonamides is 1. The number of oxazole rings is 1. The number of carbonyl (C=O) groups is 1. The number of nitrogens with zero attached hydrogens (tertiary/aromatic N) is 2. The van der Waals surface area contributed by atoms with E-state index in [2.05, 4.69) is 5.32 Å². The van der Waals surface area contributed by atoms with Crippen molar-refractivity contribution in [2.75, 3.05) is 31.6 Å². The first-order valence-electron chi connectivity index (χ1n) is 9.62. The molecule has 0 saturated carbocycles. The molecule has 1 N–H and O–H groups in total. The van der Waals surface area contributed by atoms with Crippen molar-refractivity contribution in [3.8, 4) is 0 Å². The lowest BCUT2D eigenvalue weighted by molar-refractivity contribution is -0.116. The van der Waals surface area contributed by atoms with Crippen LogP contribution in [-0.2, 0) is 26.1 Å². The molecule has 1 fully saturated rings. The SMILES string of the molecule is O=C(CCn1c(=O)oc2ccccc21)Nc1ccc(F)c(S(=O)(=O)N2CCOCC2)c1. The zero-order valence-electron chi connectivity index (χ0n) is 16.4. The Morgan fingerprint density at radius 2 is 1.87 bits per heavy atom. The maximum Gasteiger partial charge on any atom is 0.419 e. The molecular weight excluding hydrogens is 429 g/mol. The number of benzene rings is 2. The van der Waals surface area contributed by atoms with E-state index >= 15 is 0 Å². The molecule has 1 amide bonds. The second-order valence-electron chi connectivity index (χ2n) is 6.95. The number of para-hydroxylation sites is 2. The molecule has 1 aliphatic heterocycles. The summed E-state index contributed by atoms with van der Waals surface area (Å²) in [5.41, 5.74) is 1.13. The van der Waals surface area contributed by atoms with Crippen molar-refractivity contribution in [2.45, 2.75) is 17.9 Å². The normalized spacial score (nSPS) is 15.3. The van der Waals surface area contributed by atoms with Gasteiger partial charge in [-0.05, 0) is 30.3 Å². The molecule has 1 aromatic heterocycles. The maximum absolute atomic E-state index is 14.3. The smallest absolute Gasteiger partial charge is 0.408 e. The van der Waals surface area contributed by atoms with Gasteiger partial charge in [-0.3, -0.25) is 9.36 Å². The number of aromatic nitrogens is 1. The van der Waals surface area contributed by atoms with Crippen molar-refractivity contribution >= 4 is 32.7 Å². The highest BCUT2D eigenvalue weighted by Crippen LogP contribution is 2.24. The number of morpholine rings is 1. The van der Waals surface area contributed by atoms with Crippen LogP contribution in [0.4, 0.5) is 10.1 Å². The minimum atomic E-state index is -4.06. The van der Waals surface area contributed by atoms with Crippen LogP contribution in [-0.4, -0.2) is 49.5 Å². The molecule has 9 nitrogen and oxygen atoms in total. The number of fused-ring (bicyclic) bond motifs is 1. The first kappa shape index (κ1) is 21.2. The van der Waals surface area contributed by atoms with Gasteiger partial charge in [-0.15, -0.1) is 0 Å². The monoisotopic (exact) mass is 449 g/mol. The lowest BCUT2D eigenvalue weighted by Crippen LogP contribution is -2.40. The van der Waals surface area contributed by atoms with Crippen LogP contribution < -0.4 is 11.1 Å². The third-order valence-electron chi connectivity index (χ3n) is 4.94. The standard InChI is InChI=1S/C20H20FN3O6S/c21-15-6-5-14(13-18(15)31(27,28)23-9-11-29-12-10-23)22-19(25)7-8-24-16-3-1-2-4-17(16)30-20(24)26/h1-6,13H,7-12H2,(H,22,25). The Bertz CT molecular complexity index is 1280. The van der Waals surface area contributed by atoms with E-state index in [0.29, 0.717) is 11.1 Å². The number of amides is 1. The van der Waals surface area contributed by atoms with Crippen LogP contribution in [0.25, 0.3) is 11.1 Å². The number of hydrogen-bond donors (Lipinski definition) is 1. The molecule has 164 valence electrons. The molecule has 3 aromatic rings. The highest BCUT2D eigenvalue weighted by Gasteiger charge is 2.29. The van der Waals surface area contributed by atoms with Gasteiger partial charge in [-0.25, -0.2) is 17.6 Å². The van der Waals surface area contributed by atoms with Gasteiger partial charge < -0.3 is 14.5 Å². The summed E-state index contributed by atoms with van der Waals surface area (Å²) in [6.45, 7) is 0.804. The van der Waals surface area contributed by atoms with E-state index in [1.54, 1.807) is 24.3 Å². The van der Waals surface area contributed by atoms with E-state index in [4.69, 9.17) is 9.15 Å². The molecule has 1 saturated heterocycles. The van der Waals surface area contributed by atoms with E-state index < -0.39 is 32.4 Å². The number of ether oxygens (including phenoxy) is 1. The van der Waals surface area contributed by atoms with Gasteiger partial charge in [0.05, 0.1) is 18.7 Å². The average Bonchev–Trinajstić information content (AvgIpc) is 3.09. The van der Waals surface area contributed by atoms with Gasteiger partial charge in [0.15, 0.2) is 5.58 Å². The third kappa shape index (κ3) is 4.38. The Balaban J connectivity index is 1.48. The number of carbonyl (C=O) groups excluding carboxylic acids is 1. The van der Waals surface area contributed by atoms with Crippen LogP contribution in [0.3, 0.4) is 0 Å². The summed E-state index contributed by atoms with van der Waals surface area (Å²) in [4.78, 5) is 23.9. The lowest BCUT2D eigenvalue weighted by Gasteiger charge is -2.26. The Labute approximate surface area is 177 Å². The van der Waals surface area contributed by atoms with Crippen LogP contribution in [0.15, 0.2) is 56.6 Å².